The Labute approximate surface area is 222 Å². The topological polar surface area (TPSA) is 86.8 Å². The van der Waals surface area contributed by atoms with E-state index in [1.54, 1.807) is 31.2 Å². The van der Waals surface area contributed by atoms with Gasteiger partial charge in [0, 0.05) is 27.7 Å². The first kappa shape index (κ1) is 29.2. The molecule has 0 bridgehead atoms. The first-order valence-corrected chi connectivity index (χ1v) is 14.1. The van der Waals surface area contributed by atoms with Gasteiger partial charge in [0.25, 0.3) is 0 Å². The Morgan fingerprint density at radius 2 is 1.51 bits per heavy atom. The highest BCUT2D eigenvalue weighted by atomic mass is 35.5. The summed E-state index contributed by atoms with van der Waals surface area (Å²) in [4.78, 5) is 28.1. The molecule has 0 heterocycles. The van der Waals surface area contributed by atoms with E-state index < -0.39 is 28.5 Å². The van der Waals surface area contributed by atoms with E-state index in [0.717, 1.165) is 22.5 Å². The van der Waals surface area contributed by atoms with Crippen LogP contribution in [-0.2, 0) is 26.2 Å². The molecule has 11 heteroatoms. The van der Waals surface area contributed by atoms with Crippen LogP contribution in [-0.4, -0.2) is 50.0 Å². The number of hydrogen-bond acceptors (Lipinski definition) is 4. The van der Waals surface area contributed by atoms with Gasteiger partial charge in [-0.3, -0.25) is 13.9 Å². The second kappa shape index (κ2) is 12.8. The Kier molecular flexibility index (Phi) is 10.7. The van der Waals surface area contributed by atoms with Crippen molar-refractivity contribution in [2.75, 3.05) is 17.1 Å². The molecule has 2 atom stereocenters. The number of rotatable bonds is 11. The van der Waals surface area contributed by atoms with E-state index >= 15 is 0 Å². The van der Waals surface area contributed by atoms with Gasteiger partial charge in [0.2, 0.25) is 21.8 Å². The van der Waals surface area contributed by atoms with Crippen molar-refractivity contribution in [3.63, 3.8) is 0 Å². The van der Waals surface area contributed by atoms with Gasteiger partial charge in [-0.05, 0) is 55.7 Å². The number of halogens is 3. The first-order chi connectivity index (χ1) is 16.3. The summed E-state index contributed by atoms with van der Waals surface area (Å²) in [7, 11) is -3.88. The van der Waals surface area contributed by atoms with Gasteiger partial charge in [-0.2, -0.15) is 0 Å². The third-order valence-corrected chi connectivity index (χ3v) is 7.30. The lowest BCUT2D eigenvalue weighted by Gasteiger charge is -2.33. The number of anilines is 1. The fourth-order valence-corrected chi connectivity index (χ4v) is 4.92. The number of benzene rings is 2. The second-order valence-corrected chi connectivity index (χ2v) is 11.5. The highest BCUT2D eigenvalue weighted by Gasteiger charge is 2.32. The Hall–Kier alpha value is -2.00. The predicted octanol–water partition coefficient (Wildman–Crippen LogP) is 5.13. The maximum atomic E-state index is 13.6. The predicted molar refractivity (Wildman–Crippen MR) is 143 cm³/mol. The Bertz CT molecular complexity index is 1120. The van der Waals surface area contributed by atoms with Crippen molar-refractivity contribution in [2.45, 2.75) is 52.2 Å². The SMILES string of the molecule is CC[C@H](C(=O)N[C@@H](C)CC)N(Cc1ccc(Cl)cc1)C(=O)CN(c1cc(Cl)cc(Cl)c1)S(C)(=O)=O. The minimum atomic E-state index is -3.88. The normalized spacial score (nSPS) is 13.1. The maximum Gasteiger partial charge on any atom is 0.244 e. The van der Waals surface area contributed by atoms with Crippen LogP contribution in [0.15, 0.2) is 42.5 Å². The molecule has 0 radical (unpaired) electrons. The molecule has 0 aromatic heterocycles. The third kappa shape index (κ3) is 8.56. The largest absolute Gasteiger partial charge is 0.352 e. The van der Waals surface area contributed by atoms with Crippen molar-refractivity contribution in [1.29, 1.82) is 0 Å². The highest BCUT2D eigenvalue weighted by molar-refractivity contribution is 7.92. The zero-order chi connectivity index (χ0) is 26.3. The summed E-state index contributed by atoms with van der Waals surface area (Å²) >= 11 is 18.1. The number of hydrogen-bond donors (Lipinski definition) is 1. The number of carbonyl (C=O) groups excluding carboxylic acids is 2. The fraction of sp³-hybridized carbons (Fsp3) is 0.417. The number of amides is 2. The van der Waals surface area contributed by atoms with Crippen LogP contribution in [0.25, 0.3) is 0 Å². The molecular weight excluding hydrogens is 533 g/mol. The van der Waals surface area contributed by atoms with E-state index in [0.29, 0.717) is 11.4 Å². The van der Waals surface area contributed by atoms with Crippen LogP contribution >= 0.6 is 34.8 Å². The third-order valence-electron chi connectivity index (χ3n) is 5.47. The van der Waals surface area contributed by atoms with Crippen molar-refractivity contribution >= 4 is 62.3 Å². The van der Waals surface area contributed by atoms with Crippen molar-refractivity contribution in [3.8, 4) is 0 Å². The molecule has 0 aliphatic heterocycles. The smallest absolute Gasteiger partial charge is 0.244 e. The van der Waals surface area contributed by atoms with Crippen LogP contribution in [0.2, 0.25) is 15.1 Å². The van der Waals surface area contributed by atoms with Crippen LogP contribution in [0.1, 0.15) is 39.2 Å². The molecule has 1 N–H and O–H groups in total. The molecule has 0 fully saturated rings. The molecule has 2 amide bonds. The molecule has 2 aromatic carbocycles. The molecular formula is C24H30Cl3N3O4S. The van der Waals surface area contributed by atoms with Crippen LogP contribution < -0.4 is 9.62 Å². The Balaban J connectivity index is 2.46. The molecule has 0 spiro atoms. The molecule has 0 saturated carbocycles. The summed E-state index contributed by atoms with van der Waals surface area (Å²) in [5.41, 5.74) is 0.899. The minimum Gasteiger partial charge on any atom is -0.352 e. The molecule has 2 aromatic rings. The van der Waals surface area contributed by atoms with E-state index in [2.05, 4.69) is 5.32 Å². The molecule has 0 aliphatic rings. The van der Waals surface area contributed by atoms with Crippen molar-refractivity contribution in [2.24, 2.45) is 0 Å². The zero-order valence-electron chi connectivity index (χ0n) is 20.1. The van der Waals surface area contributed by atoms with Crippen molar-refractivity contribution < 1.29 is 18.0 Å². The molecule has 192 valence electrons. The molecule has 0 saturated heterocycles. The second-order valence-electron chi connectivity index (χ2n) is 8.29. The van der Waals surface area contributed by atoms with Gasteiger partial charge < -0.3 is 10.2 Å². The summed E-state index contributed by atoms with van der Waals surface area (Å²) in [6, 6.07) is 10.3. The van der Waals surface area contributed by atoms with E-state index in [-0.39, 0.29) is 34.2 Å². The van der Waals surface area contributed by atoms with E-state index in [9.17, 15) is 18.0 Å². The lowest BCUT2D eigenvalue weighted by Crippen LogP contribution is -2.53. The van der Waals surface area contributed by atoms with Gasteiger partial charge in [-0.15, -0.1) is 0 Å². The first-order valence-electron chi connectivity index (χ1n) is 11.1. The molecule has 2 rings (SSSR count). The average molecular weight is 563 g/mol. The van der Waals surface area contributed by atoms with Crippen molar-refractivity contribution in [1.82, 2.24) is 10.2 Å². The highest BCUT2D eigenvalue weighted by Crippen LogP contribution is 2.27. The van der Waals surface area contributed by atoms with Gasteiger partial charge in [0.05, 0.1) is 11.9 Å². The Morgan fingerprint density at radius 1 is 0.943 bits per heavy atom. The lowest BCUT2D eigenvalue weighted by atomic mass is 10.1. The molecule has 35 heavy (non-hydrogen) atoms. The maximum absolute atomic E-state index is 13.6. The minimum absolute atomic E-state index is 0.0786. The zero-order valence-corrected chi connectivity index (χ0v) is 23.2. The molecule has 7 nitrogen and oxygen atoms in total. The standard InChI is InChI=1S/C24H30Cl3N3O4S/c1-5-16(3)28-24(32)22(6-2)29(14-17-7-9-18(25)10-8-17)23(31)15-30(35(4,33)34)21-12-19(26)11-20(27)13-21/h7-13,16,22H,5-6,14-15H2,1-4H3,(H,28,32)/t16-,22+/m0/s1. The Morgan fingerprint density at radius 3 is 2.00 bits per heavy atom. The number of sulfonamides is 1. The quantitative estimate of drug-likeness (QED) is 0.411. The summed E-state index contributed by atoms with van der Waals surface area (Å²) in [5.74, 6) is -0.853. The van der Waals surface area contributed by atoms with Gasteiger partial charge in [0.1, 0.15) is 12.6 Å². The summed E-state index contributed by atoms with van der Waals surface area (Å²) < 4.78 is 26.2. The van der Waals surface area contributed by atoms with E-state index in [4.69, 9.17) is 34.8 Å². The van der Waals surface area contributed by atoms with E-state index in [1.165, 1.54) is 23.1 Å². The monoisotopic (exact) mass is 561 g/mol. The van der Waals surface area contributed by atoms with Crippen molar-refractivity contribution in [3.05, 3.63) is 63.1 Å². The van der Waals surface area contributed by atoms with Crippen LogP contribution in [0.4, 0.5) is 5.69 Å². The lowest BCUT2D eigenvalue weighted by molar-refractivity contribution is -0.140. The van der Waals surface area contributed by atoms with Gasteiger partial charge in [-0.1, -0.05) is 60.8 Å². The fourth-order valence-electron chi connectivity index (χ4n) is 3.44. The van der Waals surface area contributed by atoms with Crippen LogP contribution in [0, 0.1) is 0 Å². The summed E-state index contributed by atoms with van der Waals surface area (Å²) in [5, 5.41) is 3.91. The summed E-state index contributed by atoms with van der Waals surface area (Å²) in [6.07, 6.45) is 2.06. The van der Waals surface area contributed by atoms with Crippen LogP contribution in [0.5, 0.6) is 0 Å². The van der Waals surface area contributed by atoms with Gasteiger partial charge >= 0.3 is 0 Å². The number of nitrogens with one attached hydrogen (secondary N) is 1. The summed E-state index contributed by atoms with van der Waals surface area (Å²) in [6.45, 7) is 5.19. The van der Waals surface area contributed by atoms with Gasteiger partial charge in [0.15, 0.2) is 0 Å². The molecule has 0 aliphatic carbocycles. The number of carbonyl (C=O) groups is 2. The van der Waals surface area contributed by atoms with Gasteiger partial charge in [-0.25, -0.2) is 8.42 Å². The number of nitrogens with zero attached hydrogens (tertiary/aromatic N) is 2. The van der Waals surface area contributed by atoms with Crippen LogP contribution in [0.3, 0.4) is 0 Å². The van der Waals surface area contributed by atoms with E-state index in [1.807, 2.05) is 13.8 Å². The average Bonchev–Trinajstić information content (AvgIpc) is 2.76. The molecule has 0 unspecified atom stereocenters.